The van der Waals surface area contributed by atoms with Gasteiger partial charge >= 0.3 is 0 Å². The fourth-order valence-electron chi connectivity index (χ4n) is 2.53. The number of hydrogen-bond acceptors (Lipinski definition) is 5. The zero-order chi connectivity index (χ0) is 9.00. The predicted octanol–water partition coefficient (Wildman–Crippen LogP) is -1.17. The molecule has 0 aromatic rings. The summed E-state index contributed by atoms with van der Waals surface area (Å²) < 4.78 is 0. The van der Waals surface area contributed by atoms with Crippen molar-refractivity contribution in [3.8, 4) is 0 Å². The van der Waals surface area contributed by atoms with Crippen LogP contribution in [-0.2, 0) is 0 Å². The normalized spacial score (nSPS) is 46.9. The second kappa shape index (κ2) is 2.31. The van der Waals surface area contributed by atoms with Crippen molar-refractivity contribution >= 4 is 0 Å². The highest BCUT2D eigenvalue weighted by molar-refractivity contribution is 4.88. The molecule has 4 unspecified atom stereocenters. The van der Waals surface area contributed by atoms with Crippen LogP contribution in [0.1, 0.15) is 6.42 Å². The monoisotopic (exact) mass is 185 g/mol. The lowest BCUT2D eigenvalue weighted by molar-refractivity contribution is -0.762. The molecule has 0 spiro atoms. The van der Waals surface area contributed by atoms with Crippen LogP contribution in [0.2, 0.25) is 0 Å². The lowest BCUT2D eigenvalue weighted by atomic mass is 9.93. The molecule has 0 aromatic heterocycles. The van der Waals surface area contributed by atoms with Gasteiger partial charge in [0.05, 0.1) is 0 Å². The lowest BCUT2D eigenvalue weighted by Crippen LogP contribution is -2.78. The Morgan fingerprint density at radius 1 is 1.38 bits per heavy atom. The molecule has 4 saturated heterocycles. The van der Waals surface area contributed by atoms with Gasteiger partial charge in [0.25, 0.3) is 0 Å². The molecular weight excluding hydrogens is 174 g/mol. The topological polar surface area (TPSA) is 64.9 Å². The highest BCUT2D eigenvalue weighted by Crippen LogP contribution is 2.30. The largest absolute Gasteiger partial charge is 0.232 e. The number of nitrogens with zero attached hydrogens (tertiary/aromatic N) is 4. The molecule has 7 heteroatoms. The number of hydrogen-bond donors (Lipinski definition) is 1. The standard InChI is InChI=1S/C6H11N5O2/c12-11(13)10-8-2-5-1-6(4-8)7-9(10)3-5/h5-7H,1-4H2. The van der Waals surface area contributed by atoms with E-state index < -0.39 is 0 Å². The van der Waals surface area contributed by atoms with Crippen LogP contribution >= 0.6 is 0 Å². The third kappa shape index (κ3) is 0.946. The van der Waals surface area contributed by atoms with Crippen LogP contribution in [0.3, 0.4) is 0 Å². The van der Waals surface area contributed by atoms with Crippen molar-refractivity contribution in [2.45, 2.75) is 12.5 Å². The summed E-state index contributed by atoms with van der Waals surface area (Å²) in [6.07, 6.45) is 1.15. The molecule has 4 atom stereocenters. The highest BCUT2D eigenvalue weighted by Gasteiger charge is 2.49. The van der Waals surface area contributed by atoms with Gasteiger partial charge in [-0.15, -0.1) is 5.01 Å². The number of hydrazine groups is 4. The van der Waals surface area contributed by atoms with E-state index in [9.17, 15) is 10.1 Å². The molecule has 13 heavy (non-hydrogen) atoms. The molecule has 4 rings (SSSR count). The smallest absolute Gasteiger partial charge is 0.195 e. The first-order valence-corrected chi connectivity index (χ1v) is 4.47. The van der Waals surface area contributed by atoms with Gasteiger partial charge in [0, 0.05) is 30.9 Å². The molecule has 0 aromatic carbocycles. The van der Waals surface area contributed by atoms with E-state index in [1.54, 1.807) is 10.1 Å². The van der Waals surface area contributed by atoms with Crippen LogP contribution in [0.4, 0.5) is 0 Å². The van der Waals surface area contributed by atoms with Crippen LogP contribution in [0.5, 0.6) is 0 Å². The number of nitro groups is 1. The minimum Gasteiger partial charge on any atom is -0.232 e. The molecule has 0 aliphatic carbocycles. The van der Waals surface area contributed by atoms with Crippen molar-refractivity contribution < 1.29 is 5.03 Å². The first-order chi connectivity index (χ1) is 6.24. The number of piperidine rings is 1. The van der Waals surface area contributed by atoms with E-state index in [1.165, 1.54) is 0 Å². The Labute approximate surface area is 74.9 Å². The average molecular weight is 185 g/mol. The first-order valence-electron chi connectivity index (χ1n) is 4.47. The Hall–Kier alpha value is -0.920. The number of nitrogens with one attached hydrogen (secondary N) is 1. The van der Waals surface area contributed by atoms with Crippen LogP contribution < -0.4 is 5.43 Å². The van der Waals surface area contributed by atoms with Gasteiger partial charge < -0.3 is 0 Å². The van der Waals surface area contributed by atoms with Crippen molar-refractivity contribution in [3.05, 3.63) is 10.1 Å². The van der Waals surface area contributed by atoms with Gasteiger partial charge in [0.15, 0.2) is 5.03 Å². The average Bonchev–Trinajstić information content (AvgIpc) is 2.00. The molecule has 0 saturated carbocycles. The third-order valence-electron chi connectivity index (χ3n) is 2.90. The first kappa shape index (κ1) is 7.48. The summed E-state index contributed by atoms with van der Waals surface area (Å²) in [5.74, 6) is 0.594. The van der Waals surface area contributed by atoms with Gasteiger partial charge in [0.1, 0.15) is 0 Å². The Balaban J connectivity index is 1.89. The van der Waals surface area contributed by atoms with Crippen molar-refractivity contribution in [1.29, 1.82) is 0 Å². The van der Waals surface area contributed by atoms with E-state index in [4.69, 9.17) is 0 Å². The molecule has 7 nitrogen and oxygen atoms in total. The maximum Gasteiger partial charge on any atom is 0.195 e. The van der Waals surface area contributed by atoms with Gasteiger partial charge in [-0.3, -0.25) is 0 Å². The van der Waals surface area contributed by atoms with E-state index in [1.807, 2.05) is 0 Å². The molecule has 4 heterocycles. The molecule has 1 N–H and O–H groups in total. The van der Waals surface area contributed by atoms with Crippen LogP contribution in [0.15, 0.2) is 0 Å². The second-order valence-corrected chi connectivity index (χ2v) is 3.89. The minimum atomic E-state index is -0.370. The maximum atomic E-state index is 10.7. The van der Waals surface area contributed by atoms with Crippen molar-refractivity contribution in [2.75, 3.05) is 19.6 Å². The Bertz CT molecular complexity index is 229. The van der Waals surface area contributed by atoms with E-state index in [-0.39, 0.29) is 5.03 Å². The Morgan fingerprint density at radius 2 is 2.23 bits per heavy atom. The fraction of sp³-hybridized carbons (Fsp3) is 1.00. The molecular formula is C6H11N5O2. The lowest BCUT2D eigenvalue weighted by Gasteiger charge is -2.53. The SMILES string of the molecule is O=[N+]([O-])N1N2CC3CC(C2)NN1C3. The van der Waals surface area contributed by atoms with E-state index in [0.29, 0.717) is 12.0 Å². The fourth-order valence-corrected chi connectivity index (χ4v) is 2.53. The van der Waals surface area contributed by atoms with Gasteiger partial charge in [0.2, 0.25) is 0 Å². The van der Waals surface area contributed by atoms with Gasteiger partial charge in [-0.1, -0.05) is 5.12 Å². The van der Waals surface area contributed by atoms with Crippen molar-refractivity contribution in [1.82, 2.24) is 20.8 Å². The second-order valence-electron chi connectivity index (χ2n) is 3.89. The van der Waals surface area contributed by atoms with Crippen LogP contribution in [-0.4, -0.2) is 46.1 Å². The van der Waals surface area contributed by atoms with Gasteiger partial charge in [-0.05, 0) is 12.3 Å². The summed E-state index contributed by atoms with van der Waals surface area (Å²) in [4.78, 5) is 10.7. The predicted molar refractivity (Wildman–Crippen MR) is 42.1 cm³/mol. The van der Waals surface area contributed by atoms with E-state index in [0.717, 1.165) is 31.3 Å². The van der Waals surface area contributed by atoms with Crippen molar-refractivity contribution in [3.63, 3.8) is 0 Å². The quantitative estimate of drug-likeness (QED) is 0.410. The van der Waals surface area contributed by atoms with Gasteiger partial charge in [-0.25, -0.2) is 15.5 Å². The minimum absolute atomic E-state index is 0.370. The summed E-state index contributed by atoms with van der Waals surface area (Å²) >= 11 is 0. The van der Waals surface area contributed by atoms with Crippen molar-refractivity contribution in [2.24, 2.45) is 5.92 Å². The molecule has 4 bridgehead atoms. The molecule has 0 amide bonds. The van der Waals surface area contributed by atoms with E-state index in [2.05, 4.69) is 5.43 Å². The third-order valence-corrected chi connectivity index (χ3v) is 2.90. The summed E-state index contributed by atoms with van der Waals surface area (Å²) in [6.45, 7) is 2.34. The summed E-state index contributed by atoms with van der Waals surface area (Å²) in [5, 5.41) is 14.9. The van der Waals surface area contributed by atoms with Crippen LogP contribution in [0.25, 0.3) is 0 Å². The molecule has 0 radical (unpaired) electrons. The molecule has 4 fully saturated rings. The Kier molecular flexibility index (Phi) is 1.33. The zero-order valence-electron chi connectivity index (χ0n) is 7.09. The molecule has 4 aliphatic heterocycles. The Morgan fingerprint density at radius 3 is 2.85 bits per heavy atom. The van der Waals surface area contributed by atoms with Gasteiger partial charge in [-0.2, -0.15) is 0 Å². The summed E-state index contributed by atoms with van der Waals surface area (Å²) in [5.41, 5.74) is 3.12. The summed E-state index contributed by atoms with van der Waals surface area (Å²) in [7, 11) is 0. The summed E-state index contributed by atoms with van der Waals surface area (Å²) in [6, 6.07) is 0.406. The van der Waals surface area contributed by atoms with Crippen LogP contribution in [0, 0.1) is 16.0 Å². The molecule has 72 valence electrons. The molecule has 4 aliphatic rings. The zero-order valence-corrected chi connectivity index (χ0v) is 7.09. The maximum absolute atomic E-state index is 10.7. The van der Waals surface area contributed by atoms with E-state index >= 15 is 0 Å². The number of rotatable bonds is 1. The highest BCUT2D eigenvalue weighted by atomic mass is 16.7.